The normalized spacial score (nSPS) is 33.5. The van der Waals surface area contributed by atoms with Crippen LogP contribution in [0.1, 0.15) is 24.0 Å². The van der Waals surface area contributed by atoms with Crippen LogP contribution in [0, 0.1) is 11.8 Å². The van der Waals surface area contributed by atoms with E-state index in [0.29, 0.717) is 17.9 Å². The molecule has 2 aliphatic carbocycles. The fourth-order valence-corrected chi connectivity index (χ4v) is 3.27. The molecule has 3 atom stereocenters. The highest BCUT2D eigenvalue weighted by atomic mass is 14.7. The molecule has 80 valence electrons. The maximum Gasteiger partial charge on any atom is 0.0316 e. The number of fused-ring (bicyclic) bond motifs is 3. The summed E-state index contributed by atoms with van der Waals surface area (Å²) in [5.74, 6) is 1.40. The molecule has 0 saturated heterocycles. The van der Waals surface area contributed by atoms with Crippen molar-refractivity contribution in [3.63, 3.8) is 0 Å². The predicted octanol–water partition coefficient (Wildman–Crippen LogP) is 1.72. The Balaban J connectivity index is 2.02. The topological polar surface area (TPSA) is 52.0 Å². The van der Waals surface area contributed by atoms with Crippen LogP contribution in [-0.2, 0) is 12.8 Å². The standard InChI is InChI=1S/C13H18N2/c14-12-4-3-8-5-9-1-2-10(13(9)15)6-11(8)7-12/h3-4,7,9-10,13H,1-2,5-6,14-15H2. The maximum absolute atomic E-state index is 6.27. The van der Waals surface area contributed by atoms with Crippen LogP contribution < -0.4 is 11.5 Å². The van der Waals surface area contributed by atoms with E-state index in [2.05, 4.69) is 12.1 Å². The number of nitrogens with two attached hydrogens (primary N) is 2. The smallest absolute Gasteiger partial charge is 0.0316 e. The average Bonchev–Trinajstić information content (AvgIpc) is 2.44. The Labute approximate surface area is 90.7 Å². The lowest BCUT2D eigenvalue weighted by Gasteiger charge is -2.15. The average molecular weight is 202 g/mol. The molecule has 0 heterocycles. The van der Waals surface area contributed by atoms with Gasteiger partial charge in [-0.25, -0.2) is 0 Å². The Morgan fingerprint density at radius 1 is 1.00 bits per heavy atom. The van der Waals surface area contributed by atoms with Gasteiger partial charge in [0.1, 0.15) is 0 Å². The van der Waals surface area contributed by atoms with E-state index in [-0.39, 0.29) is 0 Å². The van der Waals surface area contributed by atoms with E-state index in [4.69, 9.17) is 11.5 Å². The van der Waals surface area contributed by atoms with Crippen LogP contribution in [0.3, 0.4) is 0 Å². The third-order valence-electron chi connectivity index (χ3n) is 4.19. The van der Waals surface area contributed by atoms with Crippen LogP contribution in [0.2, 0.25) is 0 Å². The fourth-order valence-electron chi connectivity index (χ4n) is 3.27. The highest BCUT2D eigenvalue weighted by Crippen LogP contribution is 2.39. The van der Waals surface area contributed by atoms with E-state index in [1.807, 2.05) is 6.07 Å². The molecule has 4 N–H and O–H groups in total. The van der Waals surface area contributed by atoms with Gasteiger partial charge in [-0.15, -0.1) is 0 Å². The van der Waals surface area contributed by atoms with Crippen LogP contribution in [0.5, 0.6) is 0 Å². The van der Waals surface area contributed by atoms with Gasteiger partial charge < -0.3 is 11.5 Å². The fraction of sp³-hybridized carbons (Fsp3) is 0.538. The number of nitrogen functional groups attached to an aromatic ring is 1. The SMILES string of the molecule is Nc1ccc2c(c1)CC1CCC(C2)C1N. The minimum atomic E-state index is 0.415. The number of hydrogen-bond donors (Lipinski definition) is 2. The van der Waals surface area contributed by atoms with Crippen molar-refractivity contribution in [2.24, 2.45) is 17.6 Å². The molecule has 15 heavy (non-hydrogen) atoms. The van der Waals surface area contributed by atoms with E-state index in [0.717, 1.165) is 18.5 Å². The number of rotatable bonds is 0. The van der Waals surface area contributed by atoms with Crippen molar-refractivity contribution in [1.29, 1.82) is 0 Å². The van der Waals surface area contributed by atoms with Gasteiger partial charge in [-0.2, -0.15) is 0 Å². The van der Waals surface area contributed by atoms with Crippen molar-refractivity contribution in [1.82, 2.24) is 0 Å². The summed E-state index contributed by atoms with van der Waals surface area (Å²) < 4.78 is 0. The Bertz CT molecular complexity index is 386. The Morgan fingerprint density at radius 3 is 2.40 bits per heavy atom. The summed E-state index contributed by atoms with van der Waals surface area (Å²) >= 11 is 0. The van der Waals surface area contributed by atoms with Gasteiger partial charge in [-0.05, 0) is 60.8 Å². The molecule has 2 nitrogen and oxygen atoms in total. The van der Waals surface area contributed by atoms with E-state index < -0.39 is 0 Å². The van der Waals surface area contributed by atoms with Crippen molar-refractivity contribution >= 4 is 5.69 Å². The molecule has 2 bridgehead atoms. The monoisotopic (exact) mass is 202 g/mol. The highest BCUT2D eigenvalue weighted by Gasteiger charge is 2.36. The molecule has 2 aliphatic rings. The first-order valence-electron chi connectivity index (χ1n) is 5.87. The summed E-state index contributed by atoms with van der Waals surface area (Å²) in [5, 5.41) is 0. The number of benzene rings is 1. The van der Waals surface area contributed by atoms with Crippen molar-refractivity contribution in [2.75, 3.05) is 5.73 Å². The van der Waals surface area contributed by atoms with E-state index in [1.165, 1.54) is 24.0 Å². The van der Waals surface area contributed by atoms with E-state index >= 15 is 0 Å². The van der Waals surface area contributed by atoms with Gasteiger partial charge in [0.05, 0.1) is 0 Å². The van der Waals surface area contributed by atoms with Crippen molar-refractivity contribution in [3.05, 3.63) is 29.3 Å². The van der Waals surface area contributed by atoms with Gasteiger partial charge in [0, 0.05) is 11.7 Å². The second kappa shape index (κ2) is 3.24. The van der Waals surface area contributed by atoms with Gasteiger partial charge in [0.2, 0.25) is 0 Å². The summed E-state index contributed by atoms with van der Waals surface area (Å²) in [5.41, 5.74) is 15.9. The summed E-state index contributed by atoms with van der Waals surface area (Å²) in [6.07, 6.45) is 4.92. The largest absolute Gasteiger partial charge is 0.399 e. The third-order valence-corrected chi connectivity index (χ3v) is 4.19. The van der Waals surface area contributed by atoms with Crippen LogP contribution in [0.15, 0.2) is 18.2 Å². The minimum absolute atomic E-state index is 0.415. The quantitative estimate of drug-likeness (QED) is 0.629. The molecular weight excluding hydrogens is 184 g/mol. The first-order valence-corrected chi connectivity index (χ1v) is 5.87. The molecule has 3 unspecified atom stereocenters. The molecular formula is C13H18N2. The molecule has 0 aromatic heterocycles. The van der Waals surface area contributed by atoms with E-state index in [9.17, 15) is 0 Å². The zero-order chi connectivity index (χ0) is 10.4. The lowest BCUT2D eigenvalue weighted by molar-refractivity contribution is 0.421. The first kappa shape index (κ1) is 9.22. The van der Waals surface area contributed by atoms with E-state index in [1.54, 1.807) is 0 Å². The molecule has 0 aliphatic heterocycles. The Kier molecular flexibility index (Phi) is 1.99. The lowest BCUT2D eigenvalue weighted by atomic mass is 9.93. The van der Waals surface area contributed by atoms with Crippen LogP contribution in [0.4, 0.5) is 5.69 Å². The molecule has 1 fully saturated rings. The summed E-state index contributed by atoms with van der Waals surface area (Å²) in [6, 6.07) is 6.77. The zero-order valence-electron chi connectivity index (χ0n) is 8.95. The van der Waals surface area contributed by atoms with Crippen molar-refractivity contribution in [2.45, 2.75) is 31.7 Å². The lowest BCUT2D eigenvalue weighted by Crippen LogP contribution is -2.31. The Morgan fingerprint density at radius 2 is 1.67 bits per heavy atom. The van der Waals surface area contributed by atoms with Crippen LogP contribution in [-0.4, -0.2) is 6.04 Å². The maximum atomic E-state index is 6.27. The molecule has 0 radical (unpaired) electrons. The zero-order valence-corrected chi connectivity index (χ0v) is 8.95. The Hall–Kier alpha value is -1.02. The number of anilines is 1. The summed E-state index contributed by atoms with van der Waals surface area (Å²) in [6.45, 7) is 0. The summed E-state index contributed by atoms with van der Waals surface area (Å²) in [7, 11) is 0. The minimum Gasteiger partial charge on any atom is -0.399 e. The van der Waals surface area contributed by atoms with Crippen LogP contribution >= 0.6 is 0 Å². The number of hydrogen-bond acceptors (Lipinski definition) is 2. The van der Waals surface area contributed by atoms with Gasteiger partial charge >= 0.3 is 0 Å². The van der Waals surface area contributed by atoms with Gasteiger partial charge in [0.15, 0.2) is 0 Å². The molecule has 1 saturated carbocycles. The molecule has 0 spiro atoms. The second-order valence-electron chi connectivity index (χ2n) is 5.11. The van der Waals surface area contributed by atoms with Crippen LogP contribution in [0.25, 0.3) is 0 Å². The molecule has 1 aromatic carbocycles. The predicted molar refractivity (Wildman–Crippen MR) is 62.5 cm³/mol. The highest BCUT2D eigenvalue weighted by molar-refractivity contribution is 5.46. The first-order chi connectivity index (χ1) is 7.24. The molecule has 0 amide bonds. The van der Waals surface area contributed by atoms with Crippen molar-refractivity contribution in [3.8, 4) is 0 Å². The molecule has 3 rings (SSSR count). The van der Waals surface area contributed by atoms with Gasteiger partial charge in [-0.3, -0.25) is 0 Å². The third kappa shape index (κ3) is 1.44. The van der Waals surface area contributed by atoms with Crippen molar-refractivity contribution < 1.29 is 0 Å². The second-order valence-corrected chi connectivity index (χ2v) is 5.11. The molecule has 2 heteroatoms. The summed E-state index contributed by atoms with van der Waals surface area (Å²) in [4.78, 5) is 0. The van der Waals surface area contributed by atoms with Gasteiger partial charge in [0.25, 0.3) is 0 Å². The van der Waals surface area contributed by atoms with Gasteiger partial charge in [-0.1, -0.05) is 6.07 Å². The molecule has 1 aromatic rings.